The Morgan fingerprint density at radius 3 is 2.62 bits per heavy atom. The molecule has 0 aromatic rings. The molecule has 3 N–H and O–H groups in total. The third-order valence-electron chi connectivity index (χ3n) is 1.96. The number of carbonyl (C=O) groups is 1. The van der Waals surface area contributed by atoms with Gasteiger partial charge in [-0.3, -0.25) is 4.79 Å². The van der Waals surface area contributed by atoms with Crippen LogP contribution in [0.25, 0.3) is 0 Å². The van der Waals surface area contributed by atoms with Gasteiger partial charge in [-0.15, -0.1) is 0 Å². The van der Waals surface area contributed by atoms with Crippen molar-refractivity contribution in [1.29, 1.82) is 0 Å². The lowest BCUT2D eigenvalue weighted by molar-refractivity contribution is -0.122. The molecule has 16 heavy (non-hydrogen) atoms. The Bertz CT molecular complexity index is 304. The van der Waals surface area contributed by atoms with Crippen LogP contribution in [0.2, 0.25) is 0 Å². The number of amides is 1. The van der Waals surface area contributed by atoms with E-state index in [9.17, 15) is 13.2 Å². The van der Waals surface area contributed by atoms with Gasteiger partial charge in [0.2, 0.25) is 5.91 Å². The van der Waals surface area contributed by atoms with Crippen LogP contribution in [0.3, 0.4) is 0 Å². The Morgan fingerprint density at radius 1 is 1.50 bits per heavy atom. The van der Waals surface area contributed by atoms with Gasteiger partial charge in [-0.25, -0.2) is 8.42 Å². The van der Waals surface area contributed by atoms with Crippen molar-refractivity contribution in [2.24, 2.45) is 5.73 Å². The number of nitrogens with one attached hydrogen (secondary N) is 1. The molecule has 0 unspecified atom stereocenters. The molecular weight excluding hydrogens is 248 g/mol. The summed E-state index contributed by atoms with van der Waals surface area (Å²) in [5, 5.41) is 2.63. The first kappa shape index (κ1) is 15.7. The van der Waals surface area contributed by atoms with Crippen molar-refractivity contribution in [3.8, 4) is 0 Å². The first-order valence-electron chi connectivity index (χ1n) is 5.07. The molecule has 0 spiro atoms. The number of rotatable bonds is 8. The van der Waals surface area contributed by atoms with Crippen LogP contribution < -0.4 is 11.1 Å². The fourth-order valence-electron chi connectivity index (χ4n) is 1.05. The molecule has 0 rings (SSSR count). The Kier molecular flexibility index (Phi) is 7.78. The Balaban J connectivity index is 3.65. The van der Waals surface area contributed by atoms with Crippen molar-refractivity contribution in [3.05, 3.63) is 0 Å². The van der Waals surface area contributed by atoms with Gasteiger partial charge in [-0.05, 0) is 24.9 Å². The van der Waals surface area contributed by atoms with Crippen molar-refractivity contribution < 1.29 is 13.2 Å². The van der Waals surface area contributed by atoms with E-state index in [0.717, 1.165) is 5.75 Å². The Labute approximate surface area is 101 Å². The van der Waals surface area contributed by atoms with Gasteiger partial charge < -0.3 is 11.1 Å². The van der Waals surface area contributed by atoms with E-state index in [1.54, 1.807) is 11.8 Å². The first-order chi connectivity index (χ1) is 7.37. The summed E-state index contributed by atoms with van der Waals surface area (Å²) in [5.74, 6) is 0.730. The quantitative estimate of drug-likeness (QED) is 0.586. The molecule has 0 aliphatic heterocycles. The highest BCUT2D eigenvalue weighted by molar-refractivity contribution is 7.98. The van der Waals surface area contributed by atoms with E-state index < -0.39 is 15.9 Å². The average molecular weight is 268 g/mol. The normalized spacial score (nSPS) is 13.4. The second kappa shape index (κ2) is 7.92. The summed E-state index contributed by atoms with van der Waals surface area (Å²) in [6.45, 7) is 0.360. The minimum atomic E-state index is -2.94. The summed E-state index contributed by atoms with van der Waals surface area (Å²) in [6.07, 6.45) is 4.20. The molecule has 0 aromatic heterocycles. The highest BCUT2D eigenvalue weighted by Crippen LogP contribution is 1.98. The van der Waals surface area contributed by atoms with Gasteiger partial charge in [0.1, 0.15) is 9.84 Å². The van der Waals surface area contributed by atoms with Gasteiger partial charge in [-0.1, -0.05) is 0 Å². The number of sulfone groups is 1. The number of hydrogen-bond donors (Lipinski definition) is 2. The van der Waals surface area contributed by atoms with E-state index in [4.69, 9.17) is 5.73 Å². The molecule has 0 radical (unpaired) electrons. The van der Waals surface area contributed by atoms with Crippen LogP contribution in [0.1, 0.15) is 12.8 Å². The van der Waals surface area contributed by atoms with Gasteiger partial charge in [0.25, 0.3) is 0 Å². The van der Waals surface area contributed by atoms with Gasteiger partial charge in [0.05, 0.1) is 11.8 Å². The van der Waals surface area contributed by atoms with Crippen molar-refractivity contribution in [1.82, 2.24) is 5.32 Å². The molecule has 0 bridgehead atoms. The number of carbonyl (C=O) groups excluding carboxylic acids is 1. The fourth-order valence-corrected chi connectivity index (χ4v) is 2.21. The van der Waals surface area contributed by atoms with Gasteiger partial charge in [-0.2, -0.15) is 11.8 Å². The summed E-state index contributed by atoms with van der Waals surface area (Å²) in [5.41, 5.74) is 5.63. The maximum atomic E-state index is 11.4. The highest BCUT2D eigenvalue weighted by atomic mass is 32.2. The molecule has 0 saturated heterocycles. The molecule has 0 fully saturated rings. The summed E-state index contributed by atoms with van der Waals surface area (Å²) in [7, 11) is -2.94. The zero-order chi connectivity index (χ0) is 12.6. The molecule has 5 nitrogen and oxygen atoms in total. The van der Waals surface area contributed by atoms with Crippen molar-refractivity contribution in [2.75, 3.05) is 30.6 Å². The van der Waals surface area contributed by atoms with Crippen LogP contribution in [0.5, 0.6) is 0 Å². The van der Waals surface area contributed by atoms with E-state index in [-0.39, 0.29) is 11.7 Å². The van der Waals surface area contributed by atoms with Crippen molar-refractivity contribution >= 4 is 27.5 Å². The molecule has 0 saturated carbocycles. The third-order valence-corrected chi connectivity index (χ3v) is 3.64. The first-order valence-corrected chi connectivity index (χ1v) is 8.52. The second-order valence-corrected chi connectivity index (χ2v) is 6.91. The van der Waals surface area contributed by atoms with E-state index in [1.165, 1.54) is 6.26 Å². The predicted molar refractivity (Wildman–Crippen MR) is 68.3 cm³/mol. The third kappa shape index (κ3) is 8.99. The van der Waals surface area contributed by atoms with E-state index >= 15 is 0 Å². The lowest BCUT2D eigenvalue weighted by Crippen LogP contribution is -2.41. The minimum Gasteiger partial charge on any atom is -0.355 e. The van der Waals surface area contributed by atoms with Crippen LogP contribution in [0.15, 0.2) is 0 Å². The molecule has 1 amide bonds. The molecule has 0 aromatic carbocycles. The standard InChI is InChI=1S/C9H20N2O3S2/c1-15-6-4-8(10)9(12)11-5-3-7-16(2,13)14/h8H,3-7,10H2,1-2H3,(H,11,12)/t8-/m1/s1. The maximum Gasteiger partial charge on any atom is 0.236 e. The lowest BCUT2D eigenvalue weighted by atomic mass is 10.2. The number of nitrogens with two attached hydrogens (primary N) is 1. The molecular formula is C9H20N2O3S2. The van der Waals surface area contributed by atoms with E-state index in [1.807, 2.05) is 6.26 Å². The molecule has 0 aliphatic rings. The van der Waals surface area contributed by atoms with Crippen LogP contribution in [0, 0.1) is 0 Å². The second-order valence-electron chi connectivity index (χ2n) is 3.66. The molecule has 0 aliphatic carbocycles. The number of hydrogen-bond acceptors (Lipinski definition) is 5. The minimum absolute atomic E-state index is 0.0906. The Morgan fingerprint density at radius 2 is 2.12 bits per heavy atom. The van der Waals surface area contributed by atoms with Gasteiger partial charge in [0, 0.05) is 12.8 Å². The van der Waals surface area contributed by atoms with Gasteiger partial charge >= 0.3 is 0 Å². The zero-order valence-electron chi connectivity index (χ0n) is 9.73. The van der Waals surface area contributed by atoms with Crippen LogP contribution >= 0.6 is 11.8 Å². The summed E-state index contributed by atoms with van der Waals surface area (Å²) in [4.78, 5) is 11.4. The highest BCUT2D eigenvalue weighted by Gasteiger charge is 2.12. The molecule has 7 heteroatoms. The predicted octanol–water partition coefficient (Wildman–Crippen LogP) is -0.382. The van der Waals surface area contributed by atoms with Crippen molar-refractivity contribution in [3.63, 3.8) is 0 Å². The van der Waals surface area contributed by atoms with Crippen LogP contribution in [0.4, 0.5) is 0 Å². The largest absolute Gasteiger partial charge is 0.355 e. The Hall–Kier alpha value is -0.270. The maximum absolute atomic E-state index is 11.4. The van der Waals surface area contributed by atoms with Gasteiger partial charge in [0.15, 0.2) is 0 Å². The lowest BCUT2D eigenvalue weighted by Gasteiger charge is -2.11. The van der Waals surface area contributed by atoms with Crippen LogP contribution in [-0.2, 0) is 14.6 Å². The smallest absolute Gasteiger partial charge is 0.236 e. The number of thioether (sulfide) groups is 1. The van der Waals surface area contributed by atoms with Crippen molar-refractivity contribution in [2.45, 2.75) is 18.9 Å². The van der Waals surface area contributed by atoms with E-state index in [2.05, 4.69) is 5.32 Å². The monoisotopic (exact) mass is 268 g/mol. The van der Waals surface area contributed by atoms with E-state index in [0.29, 0.717) is 19.4 Å². The average Bonchev–Trinajstić information content (AvgIpc) is 2.19. The fraction of sp³-hybridized carbons (Fsp3) is 0.889. The summed E-state index contributed by atoms with van der Waals surface area (Å²) < 4.78 is 21.6. The van der Waals surface area contributed by atoms with Crippen LogP contribution in [-0.4, -0.2) is 50.9 Å². The summed E-state index contributed by atoms with van der Waals surface area (Å²) >= 11 is 1.64. The SMILES string of the molecule is CSCC[C@@H](N)C(=O)NCCCS(C)(=O)=O. The summed E-state index contributed by atoms with van der Waals surface area (Å²) in [6, 6.07) is -0.495. The topological polar surface area (TPSA) is 89.3 Å². The molecule has 96 valence electrons. The molecule has 1 atom stereocenters. The zero-order valence-corrected chi connectivity index (χ0v) is 11.4. The molecule has 0 heterocycles.